The molecule has 0 spiro atoms. The number of benzene rings is 2. The molecule has 28 heavy (non-hydrogen) atoms. The van der Waals surface area contributed by atoms with Gasteiger partial charge in [-0.25, -0.2) is 0 Å². The first kappa shape index (κ1) is 20.0. The summed E-state index contributed by atoms with van der Waals surface area (Å²) in [7, 11) is 4.84. The fraction of sp³-hybridized carbons (Fsp3) is 0.150. The first-order chi connectivity index (χ1) is 13.5. The molecule has 6 nitrogen and oxygen atoms in total. The molecule has 3 rings (SSSR count). The molecule has 0 bridgehead atoms. The van der Waals surface area contributed by atoms with Gasteiger partial charge in [0.2, 0.25) is 5.13 Å². The molecular weight excluding hydrogens is 442 g/mol. The van der Waals surface area contributed by atoms with Crippen molar-refractivity contribution < 1.29 is 14.3 Å². The maximum atomic E-state index is 12.6. The highest BCUT2D eigenvalue weighted by Crippen LogP contribution is 2.29. The number of carbonyl (C=O) groups excluding carboxylic acids is 1. The van der Waals surface area contributed by atoms with E-state index in [1.54, 1.807) is 45.5 Å². The summed E-state index contributed by atoms with van der Waals surface area (Å²) in [6, 6.07) is 13.2. The van der Waals surface area contributed by atoms with Crippen molar-refractivity contribution in [2.45, 2.75) is 0 Å². The van der Waals surface area contributed by atoms with Crippen molar-refractivity contribution in [2.24, 2.45) is 0 Å². The second kappa shape index (κ2) is 8.99. The molecule has 0 fully saturated rings. The Hall–Kier alpha value is -2.71. The van der Waals surface area contributed by atoms with E-state index in [2.05, 4.69) is 26.1 Å². The number of hydrogen-bond acceptors (Lipinski definition) is 6. The lowest BCUT2D eigenvalue weighted by atomic mass is 10.1. The van der Waals surface area contributed by atoms with Gasteiger partial charge in [-0.2, -0.15) is 0 Å². The van der Waals surface area contributed by atoms with Crippen molar-refractivity contribution in [3.63, 3.8) is 0 Å². The molecule has 1 aromatic heterocycles. The zero-order valence-corrected chi connectivity index (χ0v) is 18.0. The highest BCUT2D eigenvalue weighted by molar-refractivity contribution is 9.10. The monoisotopic (exact) mass is 459 g/mol. The molecule has 0 unspecified atom stereocenters. The number of nitrogens with zero attached hydrogens (tertiary/aromatic N) is 3. The van der Waals surface area contributed by atoms with E-state index in [0.717, 1.165) is 20.6 Å². The average Bonchev–Trinajstić information content (AvgIpc) is 3.21. The number of aromatic nitrogens is 2. The predicted octanol–water partition coefficient (Wildman–Crippen LogP) is 4.66. The van der Waals surface area contributed by atoms with E-state index in [9.17, 15) is 4.79 Å². The number of halogens is 1. The van der Waals surface area contributed by atoms with Gasteiger partial charge in [-0.1, -0.05) is 39.4 Å². The van der Waals surface area contributed by atoms with Crippen LogP contribution in [0.2, 0.25) is 0 Å². The lowest BCUT2D eigenvalue weighted by molar-refractivity contribution is -0.113. The van der Waals surface area contributed by atoms with E-state index in [1.165, 1.54) is 22.3 Å². The summed E-state index contributed by atoms with van der Waals surface area (Å²) in [6.45, 7) is 0. The van der Waals surface area contributed by atoms with Gasteiger partial charge in [-0.3, -0.25) is 9.69 Å². The lowest BCUT2D eigenvalue weighted by Gasteiger charge is -2.10. The third kappa shape index (κ3) is 4.58. The molecule has 0 atom stereocenters. The Kier molecular flexibility index (Phi) is 6.43. The predicted molar refractivity (Wildman–Crippen MR) is 115 cm³/mol. The highest BCUT2D eigenvalue weighted by Gasteiger charge is 2.15. The third-order valence-electron chi connectivity index (χ3n) is 3.97. The van der Waals surface area contributed by atoms with Crippen LogP contribution in [0, 0.1) is 0 Å². The summed E-state index contributed by atoms with van der Waals surface area (Å²) in [5, 5.41) is 9.59. The Balaban J connectivity index is 1.76. The normalized spacial score (nSPS) is 10.9. The van der Waals surface area contributed by atoms with Gasteiger partial charge in [0.05, 0.1) is 14.2 Å². The van der Waals surface area contributed by atoms with Crippen molar-refractivity contribution >= 4 is 44.4 Å². The van der Waals surface area contributed by atoms with Crippen molar-refractivity contribution in [1.82, 2.24) is 10.2 Å². The number of carbonyl (C=O) groups is 1. The van der Waals surface area contributed by atoms with E-state index in [1.807, 2.05) is 24.3 Å². The molecule has 0 aliphatic heterocycles. The SMILES string of the molecule is COc1ccc(OC)c(/C=C/C(=O)N(C)c2nnc(-c3ccc(Br)cc3)s2)c1. The van der Waals surface area contributed by atoms with E-state index < -0.39 is 0 Å². The van der Waals surface area contributed by atoms with Crippen LogP contribution in [-0.4, -0.2) is 37.4 Å². The molecule has 0 aliphatic carbocycles. The summed E-state index contributed by atoms with van der Waals surface area (Å²) in [5.41, 5.74) is 1.70. The maximum Gasteiger partial charge on any atom is 0.252 e. The molecule has 2 aromatic carbocycles. The van der Waals surface area contributed by atoms with Gasteiger partial charge >= 0.3 is 0 Å². The molecule has 0 radical (unpaired) electrons. The van der Waals surface area contributed by atoms with Gasteiger partial charge in [0.1, 0.15) is 16.5 Å². The minimum Gasteiger partial charge on any atom is -0.497 e. The van der Waals surface area contributed by atoms with Gasteiger partial charge in [-0.05, 0) is 36.4 Å². The number of likely N-dealkylation sites (N-methyl/N-ethyl adjacent to an activating group) is 1. The van der Waals surface area contributed by atoms with Crippen LogP contribution in [0.4, 0.5) is 5.13 Å². The van der Waals surface area contributed by atoms with E-state index >= 15 is 0 Å². The molecule has 1 amide bonds. The number of amides is 1. The molecule has 0 saturated carbocycles. The molecule has 0 N–H and O–H groups in total. The minimum atomic E-state index is -0.219. The molecule has 144 valence electrons. The van der Waals surface area contributed by atoms with Crippen LogP contribution in [0.15, 0.2) is 53.0 Å². The third-order valence-corrected chi connectivity index (χ3v) is 5.54. The van der Waals surface area contributed by atoms with Crippen molar-refractivity contribution in [2.75, 3.05) is 26.2 Å². The van der Waals surface area contributed by atoms with Gasteiger partial charge in [0.25, 0.3) is 5.91 Å². The topological polar surface area (TPSA) is 64.6 Å². The largest absolute Gasteiger partial charge is 0.497 e. The first-order valence-electron chi connectivity index (χ1n) is 8.29. The van der Waals surface area contributed by atoms with Crippen LogP contribution in [-0.2, 0) is 4.79 Å². The van der Waals surface area contributed by atoms with Crippen LogP contribution in [0.3, 0.4) is 0 Å². The highest BCUT2D eigenvalue weighted by atomic mass is 79.9. The van der Waals surface area contributed by atoms with Crippen LogP contribution in [0.1, 0.15) is 5.56 Å². The Labute approximate surface area is 175 Å². The standard InChI is InChI=1S/C20H18BrN3O3S/c1-24(20-23-22-19(28-20)13-4-7-15(21)8-5-13)18(25)11-6-14-12-16(26-2)9-10-17(14)27-3/h4-12H,1-3H3/b11-6+. The van der Waals surface area contributed by atoms with Gasteiger partial charge < -0.3 is 9.47 Å². The maximum absolute atomic E-state index is 12.6. The van der Waals surface area contributed by atoms with Crippen LogP contribution >= 0.6 is 27.3 Å². The zero-order chi connectivity index (χ0) is 20.1. The molecule has 0 aliphatic rings. The van der Waals surface area contributed by atoms with E-state index in [0.29, 0.717) is 16.6 Å². The van der Waals surface area contributed by atoms with Crippen LogP contribution in [0.5, 0.6) is 11.5 Å². The second-order valence-electron chi connectivity index (χ2n) is 5.74. The van der Waals surface area contributed by atoms with Crippen molar-refractivity contribution in [3.05, 3.63) is 58.6 Å². The van der Waals surface area contributed by atoms with Gasteiger partial charge in [0, 0.05) is 28.7 Å². The summed E-state index contributed by atoms with van der Waals surface area (Å²) < 4.78 is 11.5. The lowest BCUT2D eigenvalue weighted by Crippen LogP contribution is -2.23. The quantitative estimate of drug-likeness (QED) is 0.501. The smallest absolute Gasteiger partial charge is 0.252 e. The zero-order valence-electron chi connectivity index (χ0n) is 15.5. The first-order valence-corrected chi connectivity index (χ1v) is 9.90. The summed E-state index contributed by atoms with van der Waals surface area (Å²) in [6.07, 6.45) is 3.16. The van der Waals surface area contributed by atoms with E-state index in [-0.39, 0.29) is 5.91 Å². The minimum absolute atomic E-state index is 0.219. The Morgan fingerprint density at radius 2 is 1.86 bits per heavy atom. The second-order valence-corrected chi connectivity index (χ2v) is 7.61. The average molecular weight is 460 g/mol. The number of methoxy groups -OCH3 is 2. The number of hydrogen-bond donors (Lipinski definition) is 0. The molecule has 3 aromatic rings. The van der Waals surface area contributed by atoms with Crippen molar-refractivity contribution in [3.8, 4) is 22.1 Å². The number of rotatable bonds is 6. The summed E-state index contributed by atoms with van der Waals surface area (Å²) in [4.78, 5) is 14.0. The van der Waals surface area contributed by atoms with E-state index in [4.69, 9.17) is 9.47 Å². The van der Waals surface area contributed by atoms with Crippen LogP contribution in [0.25, 0.3) is 16.6 Å². The Bertz CT molecular complexity index is 1000. The molecule has 8 heteroatoms. The Morgan fingerprint density at radius 3 is 2.54 bits per heavy atom. The number of ether oxygens (including phenoxy) is 2. The van der Waals surface area contributed by atoms with Crippen molar-refractivity contribution in [1.29, 1.82) is 0 Å². The molecule has 0 saturated heterocycles. The number of anilines is 1. The summed E-state index contributed by atoms with van der Waals surface area (Å²) in [5.74, 6) is 1.12. The van der Waals surface area contributed by atoms with Crippen LogP contribution < -0.4 is 14.4 Å². The molecule has 1 heterocycles. The Morgan fingerprint density at radius 1 is 1.11 bits per heavy atom. The fourth-order valence-electron chi connectivity index (χ4n) is 2.40. The van der Waals surface area contributed by atoms with Gasteiger partial charge in [0.15, 0.2) is 0 Å². The molecular formula is C20H18BrN3O3S. The summed E-state index contributed by atoms with van der Waals surface area (Å²) >= 11 is 4.76. The fourth-order valence-corrected chi connectivity index (χ4v) is 3.48. The van der Waals surface area contributed by atoms with Gasteiger partial charge in [-0.15, -0.1) is 10.2 Å².